The van der Waals surface area contributed by atoms with E-state index in [2.05, 4.69) is 33.2 Å². The number of carbonyl (C=O) groups excluding carboxylic acids is 2. The number of amides is 2. The summed E-state index contributed by atoms with van der Waals surface area (Å²) in [5.41, 5.74) is 1.27. The number of likely N-dealkylation sites (tertiary alicyclic amines) is 1. The summed E-state index contributed by atoms with van der Waals surface area (Å²) in [6.45, 7) is 6.43. The molecular formula is C16H22BrN3O2. The van der Waals surface area contributed by atoms with Crippen molar-refractivity contribution in [3.63, 3.8) is 0 Å². The molecule has 0 bridgehead atoms. The number of pyridine rings is 1. The van der Waals surface area contributed by atoms with E-state index < -0.39 is 6.04 Å². The molecule has 0 aromatic carbocycles. The maximum atomic E-state index is 12.5. The normalized spacial score (nSPS) is 19.6. The van der Waals surface area contributed by atoms with Crippen LogP contribution < -0.4 is 5.32 Å². The Balaban J connectivity index is 2.02. The zero-order valence-corrected chi connectivity index (χ0v) is 14.8. The summed E-state index contributed by atoms with van der Waals surface area (Å²) >= 11 is 3.29. The predicted octanol–water partition coefficient (Wildman–Crippen LogP) is 2.67. The molecule has 1 aliphatic heterocycles. The molecule has 5 nitrogen and oxygen atoms in total. The lowest BCUT2D eigenvalue weighted by Crippen LogP contribution is -2.51. The van der Waals surface area contributed by atoms with Crippen LogP contribution in [0.4, 0.5) is 0 Å². The van der Waals surface area contributed by atoms with Crippen molar-refractivity contribution in [1.82, 2.24) is 15.2 Å². The van der Waals surface area contributed by atoms with Gasteiger partial charge < -0.3 is 10.2 Å². The number of rotatable bonds is 3. The van der Waals surface area contributed by atoms with Crippen molar-refractivity contribution >= 4 is 27.7 Å². The van der Waals surface area contributed by atoms with Gasteiger partial charge in [-0.1, -0.05) is 0 Å². The Bertz CT molecular complexity index is 577. The van der Waals surface area contributed by atoms with E-state index in [9.17, 15) is 9.59 Å². The van der Waals surface area contributed by atoms with E-state index in [1.54, 1.807) is 19.1 Å². The van der Waals surface area contributed by atoms with Crippen LogP contribution in [0.5, 0.6) is 0 Å². The van der Waals surface area contributed by atoms with Gasteiger partial charge in [-0.2, -0.15) is 0 Å². The van der Waals surface area contributed by atoms with Crippen molar-refractivity contribution in [1.29, 1.82) is 0 Å². The highest BCUT2D eigenvalue weighted by Gasteiger charge is 2.28. The van der Waals surface area contributed by atoms with Crippen molar-refractivity contribution in [2.45, 2.75) is 52.1 Å². The van der Waals surface area contributed by atoms with Crippen LogP contribution >= 0.6 is 15.9 Å². The molecule has 0 saturated carbocycles. The summed E-state index contributed by atoms with van der Waals surface area (Å²) in [4.78, 5) is 30.9. The molecule has 2 amide bonds. The molecule has 0 aliphatic carbocycles. The highest BCUT2D eigenvalue weighted by atomic mass is 79.9. The molecule has 1 fully saturated rings. The van der Waals surface area contributed by atoms with Gasteiger partial charge in [-0.25, -0.2) is 4.98 Å². The summed E-state index contributed by atoms with van der Waals surface area (Å²) in [6, 6.07) is 3.19. The third-order valence-corrected chi connectivity index (χ3v) is 4.64. The van der Waals surface area contributed by atoms with Gasteiger partial charge in [0, 0.05) is 18.3 Å². The Morgan fingerprint density at radius 3 is 2.77 bits per heavy atom. The van der Waals surface area contributed by atoms with Gasteiger partial charge in [0.15, 0.2) is 0 Å². The van der Waals surface area contributed by atoms with Crippen LogP contribution in [0.25, 0.3) is 0 Å². The van der Waals surface area contributed by atoms with E-state index >= 15 is 0 Å². The molecule has 1 aromatic heterocycles. The Kier molecular flexibility index (Phi) is 5.56. The Morgan fingerprint density at radius 2 is 2.14 bits per heavy atom. The molecular weight excluding hydrogens is 346 g/mol. The lowest BCUT2D eigenvalue weighted by Gasteiger charge is -2.35. The van der Waals surface area contributed by atoms with Gasteiger partial charge in [0.05, 0.1) is 5.56 Å². The zero-order valence-electron chi connectivity index (χ0n) is 13.2. The van der Waals surface area contributed by atoms with Crippen molar-refractivity contribution in [2.24, 2.45) is 0 Å². The largest absolute Gasteiger partial charge is 0.340 e. The number of aromatic nitrogens is 1. The topological polar surface area (TPSA) is 62.3 Å². The summed E-state index contributed by atoms with van der Waals surface area (Å²) in [5, 5.41) is 2.77. The molecule has 0 radical (unpaired) electrons. The summed E-state index contributed by atoms with van der Waals surface area (Å²) in [6.07, 6.45) is 3.22. The number of hydrogen-bond donors (Lipinski definition) is 1. The average Bonchev–Trinajstić information content (AvgIpc) is 2.46. The Labute approximate surface area is 139 Å². The van der Waals surface area contributed by atoms with Crippen LogP contribution in [-0.4, -0.2) is 40.3 Å². The van der Waals surface area contributed by atoms with Crippen LogP contribution in [0.1, 0.15) is 49.2 Å². The second-order valence-electron chi connectivity index (χ2n) is 5.86. The molecule has 1 aliphatic rings. The fraction of sp³-hybridized carbons (Fsp3) is 0.562. The fourth-order valence-corrected chi connectivity index (χ4v) is 3.30. The van der Waals surface area contributed by atoms with Gasteiger partial charge in [-0.05, 0) is 68.1 Å². The smallest absolute Gasteiger partial charge is 0.254 e. The second kappa shape index (κ2) is 7.22. The molecule has 1 aromatic rings. The standard InChI is InChI=1S/C16H22BrN3O2/c1-10-7-8-13(14(17)18-10)15(21)19-12(3)16(22)20-9-5-4-6-11(20)2/h7-8,11-12H,4-6,9H2,1-3H3,(H,19,21)/t11-,12-/m1/s1. The quantitative estimate of drug-likeness (QED) is 0.835. The molecule has 1 saturated heterocycles. The maximum Gasteiger partial charge on any atom is 0.254 e. The van der Waals surface area contributed by atoms with Gasteiger partial charge in [0.25, 0.3) is 5.91 Å². The average molecular weight is 368 g/mol. The molecule has 0 spiro atoms. The highest BCUT2D eigenvalue weighted by Crippen LogP contribution is 2.18. The Hall–Kier alpha value is -1.43. The van der Waals surface area contributed by atoms with Crippen LogP contribution in [0.15, 0.2) is 16.7 Å². The van der Waals surface area contributed by atoms with Crippen LogP contribution in [0.3, 0.4) is 0 Å². The van der Waals surface area contributed by atoms with Crippen LogP contribution in [-0.2, 0) is 4.79 Å². The Morgan fingerprint density at radius 1 is 1.41 bits per heavy atom. The molecule has 2 heterocycles. The van der Waals surface area contributed by atoms with E-state index in [1.165, 1.54) is 0 Å². The van der Waals surface area contributed by atoms with E-state index in [-0.39, 0.29) is 17.9 Å². The third kappa shape index (κ3) is 3.85. The first kappa shape index (κ1) is 16.9. The van der Waals surface area contributed by atoms with E-state index in [0.717, 1.165) is 31.5 Å². The van der Waals surface area contributed by atoms with Gasteiger partial charge in [0.1, 0.15) is 10.6 Å². The summed E-state index contributed by atoms with van der Waals surface area (Å²) < 4.78 is 0.496. The predicted molar refractivity (Wildman–Crippen MR) is 88.6 cm³/mol. The lowest BCUT2D eigenvalue weighted by molar-refractivity contribution is -0.136. The summed E-state index contributed by atoms with van der Waals surface area (Å²) in [7, 11) is 0. The van der Waals surface area contributed by atoms with E-state index in [0.29, 0.717) is 10.2 Å². The first-order valence-electron chi connectivity index (χ1n) is 7.64. The lowest BCUT2D eigenvalue weighted by atomic mass is 10.0. The van der Waals surface area contributed by atoms with Crippen molar-refractivity contribution < 1.29 is 9.59 Å². The number of carbonyl (C=O) groups is 2. The first-order chi connectivity index (χ1) is 10.4. The highest BCUT2D eigenvalue weighted by molar-refractivity contribution is 9.10. The SMILES string of the molecule is Cc1ccc(C(=O)N[C@H](C)C(=O)N2CCCC[C@H]2C)c(Br)n1. The number of piperidine rings is 1. The number of halogens is 1. The first-order valence-corrected chi connectivity index (χ1v) is 8.44. The number of aryl methyl sites for hydroxylation is 1. The van der Waals surface area contributed by atoms with E-state index in [1.807, 2.05) is 11.8 Å². The molecule has 22 heavy (non-hydrogen) atoms. The van der Waals surface area contributed by atoms with Crippen molar-refractivity contribution in [3.05, 3.63) is 28.0 Å². The maximum absolute atomic E-state index is 12.5. The second-order valence-corrected chi connectivity index (χ2v) is 6.61. The minimum Gasteiger partial charge on any atom is -0.340 e. The van der Waals surface area contributed by atoms with Crippen LogP contribution in [0, 0.1) is 6.92 Å². The van der Waals surface area contributed by atoms with Crippen molar-refractivity contribution in [2.75, 3.05) is 6.54 Å². The molecule has 6 heteroatoms. The minimum absolute atomic E-state index is 0.0169. The minimum atomic E-state index is -0.541. The summed E-state index contributed by atoms with van der Waals surface area (Å²) in [5.74, 6) is -0.304. The van der Waals surface area contributed by atoms with Gasteiger partial charge in [-0.3, -0.25) is 9.59 Å². The molecule has 1 N–H and O–H groups in total. The van der Waals surface area contributed by atoms with Gasteiger partial charge in [-0.15, -0.1) is 0 Å². The van der Waals surface area contributed by atoms with E-state index in [4.69, 9.17) is 0 Å². The molecule has 120 valence electrons. The monoisotopic (exact) mass is 367 g/mol. The number of hydrogen-bond acceptors (Lipinski definition) is 3. The van der Waals surface area contributed by atoms with Crippen molar-refractivity contribution in [3.8, 4) is 0 Å². The van der Waals surface area contributed by atoms with Gasteiger partial charge >= 0.3 is 0 Å². The number of nitrogens with zero attached hydrogens (tertiary/aromatic N) is 2. The fourth-order valence-electron chi connectivity index (χ4n) is 2.70. The zero-order chi connectivity index (χ0) is 16.3. The third-order valence-electron chi connectivity index (χ3n) is 4.04. The van der Waals surface area contributed by atoms with Gasteiger partial charge in [0.2, 0.25) is 5.91 Å². The van der Waals surface area contributed by atoms with Crippen LogP contribution in [0.2, 0.25) is 0 Å². The molecule has 2 rings (SSSR count). The molecule has 0 unspecified atom stereocenters. The number of nitrogens with one attached hydrogen (secondary N) is 1. The molecule has 2 atom stereocenters.